The summed E-state index contributed by atoms with van der Waals surface area (Å²) >= 11 is 5.96. The van der Waals surface area contributed by atoms with Crippen molar-refractivity contribution in [3.63, 3.8) is 0 Å². The molecule has 0 spiro atoms. The highest BCUT2D eigenvalue weighted by Gasteiger charge is 2.25. The lowest BCUT2D eigenvalue weighted by molar-refractivity contribution is 0.0791. The Morgan fingerprint density at radius 1 is 1.44 bits per heavy atom. The van der Waals surface area contributed by atoms with Crippen LogP contribution in [0.15, 0.2) is 24.3 Å². The van der Waals surface area contributed by atoms with Gasteiger partial charge in [0.25, 0.3) is 5.91 Å². The van der Waals surface area contributed by atoms with Crippen LogP contribution in [0.25, 0.3) is 0 Å². The van der Waals surface area contributed by atoms with Gasteiger partial charge in [-0.1, -0.05) is 23.7 Å². The minimum absolute atomic E-state index is 0. The maximum atomic E-state index is 12.0. The zero-order chi connectivity index (χ0) is 10.8. The second kappa shape index (κ2) is 5.53. The molecule has 0 bridgehead atoms. The third-order valence-electron chi connectivity index (χ3n) is 2.62. The third kappa shape index (κ3) is 2.67. The van der Waals surface area contributed by atoms with Crippen LogP contribution >= 0.6 is 24.0 Å². The summed E-state index contributed by atoms with van der Waals surface area (Å²) in [6.45, 7) is 1.36. The largest absolute Gasteiger partial charge is 0.337 e. The first-order valence-corrected chi connectivity index (χ1v) is 5.35. The van der Waals surface area contributed by atoms with E-state index in [1.807, 2.05) is 12.1 Å². The van der Waals surface area contributed by atoms with E-state index in [1.54, 1.807) is 17.0 Å². The fourth-order valence-corrected chi connectivity index (χ4v) is 1.99. The molecule has 1 heterocycles. The Kier molecular flexibility index (Phi) is 4.59. The lowest BCUT2D eigenvalue weighted by atomic mass is 10.2. The molecule has 1 amide bonds. The minimum Gasteiger partial charge on any atom is -0.337 e. The summed E-state index contributed by atoms with van der Waals surface area (Å²) in [5.41, 5.74) is 6.32. The molecular weight excluding hydrogens is 247 g/mol. The van der Waals surface area contributed by atoms with Crippen molar-refractivity contribution in [1.82, 2.24) is 4.90 Å². The molecule has 1 aliphatic heterocycles. The lowest BCUT2D eigenvalue weighted by Crippen LogP contribution is -2.32. The van der Waals surface area contributed by atoms with Crippen molar-refractivity contribution < 1.29 is 4.79 Å². The monoisotopic (exact) mass is 260 g/mol. The van der Waals surface area contributed by atoms with E-state index in [2.05, 4.69) is 0 Å². The number of amides is 1. The average Bonchev–Trinajstić information content (AvgIpc) is 2.65. The molecule has 1 atom stereocenters. The second-order valence-corrected chi connectivity index (χ2v) is 4.19. The Hall–Kier alpha value is -0.770. The van der Waals surface area contributed by atoms with Crippen molar-refractivity contribution in [2.24, 2.45) is 5.73 Å². The maximum absolute atomic E-state index is 12.0. The summed E-state index contributed by atoms with van der Waals surface area (Å²) in [6.07, 6.45) is 0.871. The summed E-state index contributed by atoms with van der Waals surface area (Å²) < 4.78 is 0. The summed E-state index contributed by atoms with van der Waals surface area (Å²) in [7, 11) is 0. The number of hydrogen-bond donors (Lipinski definition) is 1. The number of carbonyl (C=O) groups is 1. The molecule has 0 aliphatic carbocycles. The van der Waals surface area contributed by atoms with Crippen LogP contribution in [0, 0.1) is 0 Å². The molecule has 1 saturated heterocycles. The fourth-order valence-electron chi connectivity index (χ4n) is 1.78. The van der Waals surface area contributed by atoms with Crippen LogP contribution in [0.4, 0.5) is 0 Å². The normalized spacial score (nSPS) is 19.4. The van der Waals surface area contributed by atoms with Crippen LogP contribution in [0.1, 0.15) is 16.8 Å². The topological polar surface area (TPSA) is 46.3 Å². The Balaban J connectivity index is 0.00000128. The van der Waals surface area contributed by atoms with Crippen LogP contribution < -0.4 is 5.73 Å². The molecule has 1 fully saturated rings. The Morgan fingerprint density at radius 2 is 2.12 bits per heavy atom. The van der Waals surface area contributed by atoms with E-state index in [0.29, 0.717) is 17.1 Å². The van der Waals surface area contributed by atoms with Crippen molar-refractivity contribution in [2.45, 2.75) is 12.5 Å². The van der Waals surface area contributed by atoms with Gasteiger partial charge in [0.05, 0.1) is 10.6 Å². The van der Waals surface area contributed by atoms with Gasteiger partial charge in [-0.15, -0.1) is 12.4 Å². The highest BCUT2D eigenvalue weighted by atomic mass is 35.5. The van der Waals surface area contributed by atoms with Gasteiger partial charge in [0, 0.05) is 19.1 Å². The number of halogens is 2. The average molecular weight is 261 g/mol. The summed E-state index contributed by atoms with van der Waals surface area (Å²) in [5, 5.41) is 0.503. The molecule has 16 heavy (non-hydrogen) atoms. The van der Waals surface area contributed by atoms with Crippen LogP contribution in [0.5, 0.6) is 0 Å². The number of nitrogens with zero attached hydrogens (tertiary/aromatic N) is 1. The van der Waals surface area contributed by atoms with Crippen LogP contribution in [0.2, 0.25) is 5.02 Å². The van der Waals surface area contributed by atoms with Gasteiger partial charge in [-0.05, 0) is 18.6 Å². The third-order valence-corrected chi connectivity index (χ3v) is 2.95. The van der Waals surface area contributed by atoms with E-state index < -0.39 is 0 Å². The number of hydrogen-bond acceptors (Lipinski definition) is 2. The highest BCUT2D eigenvalue weighted by molar-refractivity contribution is 6.33. The van der Waals surface area contributed by atoms with Crippen molar-refractivity contribution in [2.75, 3.05) is 13.1 Å². The molecule has 0 aromatic heterocycles. The predicted molar refractivity (Wildman–Crippen MR) is 67.2 cm³/mol. The van der Waals surface area contributed by atoms with Crippen molar-refractivity contribution in [3.8, 4) is 0 Å². The number of likely N-dealkylation sites (tertiary alicyclic amines) is 1. The van der Waals surface area contributed by atoms with E-state index in [9.17, 15) is 4.79 Å². The SMILES string of the molecule is Cl.N[C@H]1CCN(C(=O)c2ccccc2Cl)C1. The number of carbonyl (C=O) groups excluding carboxylic acids is 1. The van der Waals surface area contributed by atoms with Gasteiger partial charge in [-0.2, -0.15) is 0 Å². The van der Waals surface area contributed by atoms with Gasteiger partial charge in [0.2, 0.25) is 0 Å². The zero-order valence-electron chi connectivity index (χ0n) is 8.73. The molecule has 88 valence electrons. The molecule has 5 heteroatoms. The number of rotatable bonds is 1. The van der Waals surface area contributed by atoms with E-state index >= 15 is 0 Å². The quantitative estimate of drug-likeness (QED) is 0.839. The molecule has 1 aromatic carbocycles. The van der Waals surface area contributed by atoms with Crippen LogP contribution in [-0.2, 0) is 0 Å². The second-order valence-electron chi connectivity index (χ2n) is 3.78. The van der Waals surface area contributed by atoms with Gasteiger partial charge in [-0.3, -0.25) is 4.79 Å². The molecule has 1 aliphatic rings. The van der Waals surface area contributed by atoms with E-state index in [1.165, 1.54) is 0 Å². The van der Waals surface area contributed by atoms with Crippen LogP contribution in [-0.4, -0.2) is 29.9 Å². The molecule has 3 nitrogen and oxygen atoms in total. The number of nitrogens with two attached hydrogens (primary N) is 1. The van der Waals surface area contributed by atoms with E-state index in [-0.39, 0.29) is 24.4 Å². The smallest absolute Gasteiger partial charge is 0.255 e. The maximum Gasteiger partial charge on any atom is 0.255 e. The molecule has 2 rings (SSSR count). The Bertz CT molecular complexity index is 384. The van der Waals surface area contributed by atoms with Crippen molar-refractivity contribution in [3.05, 3.63) is 34.9 Å². The van der Waals surface area contributed by atoms with Crippen molar-refractivity contribution >= 4 is 29.9 Å². The molecule has 0 unspecified atom stereocenters. The molecule has 1 aromatic rings. The first-order valence-electron chi connectivity index (χ1n) is 4.98. The summed E-state index contributed by atoms with van der Waals surface area (Å²) in [6, 6.07) is 7.21. The van der Waals surface area contributed by atoms with Gasteiger partial charge >= 0.3 is 0 Å². The van der Waals surface area contributed by atoms with Gasteiger partial charge < -0.3 is 10.6 Å². The van der Waals surface area contributed by atoms with Crippen molar-refractivity contribution in [1.29, 1.82) is 0 Å². The first kappa shape index (κ1) is 13.3. The lowest BCUT2D eigenvalue weighted by Gasteiger charge is -2.16. The molecular formula is C11H14Cl2N2O. The highest BCUT2D eigenvalue weighted by Crippen LogP contribution is 2.19. The Morgan fingerprint density at radius 3 is 2.69 bits per heavy atom. The standard InChI is InChI=1S/C11H13ClN2O.ClH/c12-10-4-2-1-3-9(10)11(15)14-6-5-8(13)7-14;/h1-4,8H,5-7,13H2;1H/t8-;/m0./s1. The van der Waals surface area contributed by atoms with Gasteiger partial charge in [0.15, 0.2) is 0 Å². The van der Waals surface area contributed by atoms with E-state index in [4.69, 9.17) is 17.3 Å². The van der Waals surface area contributed by atoms with Gasteiger partial charge in [0.1, 0.15) is 0 Å². The number of benzene rings is 1. The minimum atomic E-state index is -0.0199. The molecule has 0 radical (unpaired) electrons. The fraction of sp³-hybridized carbons (Fsp3) is 0.364. The zero-order valence-corrected chi connectivity index (χ0v) is 10.3. The predicted octanol–water partition coefficient (Wildman–Crippen LogP) is 1.94. The molecule has 0 saturated carbocycles. The van der Waals surface area contributed by atoms with E-state index in [0.717, 1.165) is 13.0 Å². The Labute approximate surface area is 106 Å². The first-order chi connectivity index (χ1) is 7.18. The molecule has 2 N–H and O–H groups in total. The van der Waals surface area contributed by atoms with Gasteiger partial charge in [-0.25, -0.2) is 0 Å². The summed E-state index contributed by atoms with van der Waals surface area (Å²) in [4.78, 5) is 13.8. The summed E-state index contributed by atoms with van der Waals surface area (Å²) in [5.74, 6) is -0.0199. The van der Waals surface area contributed by atoms with Crippen LogP contribution in [0.3, 0.4) is 0 Å².